The van der Waals surface area contributed by atoms with Crippen molar-refractivity contribution in [3.05, 3.63) is 52.3 Å². The molecular formula is C11H8Cl2N2O. The highest BCUT2D eigenvalue weighted by atomic mass is 35.5. The van der Waals surface area contributed by atoms with E-state index in [1.54, 1.807) is 30.6 Å². The Morgan fingerprint density at radius 1 is 1.06 bits per heavy atom. The van der Waals surface area contributed by atoms with Crippen LogP contribution >= 0.6 is 23.2 Å². The molecule has 1 aromatic heterocycles. The number of hydrogen-bond acceptors (Lipinski definition) is 3. The van der Waals surface area contributed by atoms with Crippen LogP contribution in [0.1, 0.15) is 5.56 Å². The highest BCUT2D eigenvalue weighted by Crippen LogP contribution is 2.22. The second-order valence-corrected chi connectivity index (χ2v) is 3.88. The molecule has 0 amide bonds. The van der Waals surface area contributed by atoms with Gasteiger partial charge in [0, 0.05) is 12.4 Å². The van der Waals surface area contributed by atoms with Gasteiger partial charge in [-0.2, -0.15) is 0 Å². The van der Waals surface area contributed by atoms with Crippen molar-refractivity contribution in [2.45, 2.75) is 6.61 Å². The zero-order valence-electron chi connectivity index (χ0n) is 8.23. The first-order chi connectivity index (χ1) is 7.75. The molecular weight excluding hydrogens is 247 g/mol. The molecule has 1 aromatic carbocycles. The molecule has 0 aliphatic rings. The number of nitrogens with zero attached hydrogens (tertiary/aromatic N) is 2. The minimum Gasteiger partial charge on any atom is -0.459 e. The lowest BCUT2D eigenvalue weighted by Crippen LogP contribution is -1.98. The first-order valence-electron chi connectivity index (χ1n) is 4.59. The summed E-state index contributed by atoms with van der Waals surface area (Å²) in [7, 11) is 0. The summed E-state index contributed by atoms with van der Waals surface area (Å²) < 4.78 is 5.36. The number of halogens is 2. The fourth-order valence-corrected chi connectivity index (χ4v) is 1.46. The Balaban J connectivity index is 2.03. The predicted molar refractivity (Wildman–Crippen MR) is 62.8 cm³/mol. The Kier molecular flexibility index (Phi) is 3.59. The van der Waals surface area contributed by atoms with Gasteiger partial charge in [-0.3, -0.25) is 0 Å². The van der Waals surface area contributed by atoms with Gasteiger partial charge in [-0.25, -0.2) is 9.97 Å². The van der Waals surface area contributed by atoms with E-state index in [1.807, 2.05) is 6.07 Å². The van der Waals surface area contributed by atoms with Gasteiger partial charge in [0.25, 0.3) is 0 Å². The summed E-state index contributed by atoms with van der Waals surface area (Å²) in [6, 6.07) is 7.40. The Morgan fingerprint density at radius 3 is 2.50 bits per heavy atom. The summed E-state index contributed by atoms with van der Waals surface area (Å²) in [6.07, 6.45) is 3.24. The van der Waals surface area contributed by atoms with E-state index in [0.29, 0.717) is 22.7 Å². The van der Waals surface area contributed by atoms with Crippen LogP contribution < -0.4 is 4.74 Å². The molecule has 0 unspecified atom stereocenters. The monoisotopic (exact) mass is 254 g/mol. The van der Waals surface area contributed by atoms with E-state index in [9.17, 15) is 0 Å². The maximum atomic E-state index is 5.88. The number of benzene rings is 1. The lowest BCUT2D eigenvalue weighted by molar-refractivity contribution is 0.280. The number of hydrogen-bond donors (Lipinski definition) is 0. The van der Waals surface area contributed by atoms with Gasteiger partial charge in [-0.1, -0.05) is 29.3 Å². The molecule has 0 spiro atoms. The van der Waals surface area contributed by atoms with Crippen molar-refractivity contribution in [1.82, 2.24) is 9.97 Å². The number of rotatable bonds is 3. The van der Waals surface area contributed by atoms with Crippen molar-refractivity contribution >= 4 is 23.2 Å². The molecule has 0 atom stereocenters. The van der Waals surface area contributed by atoms with Crippen LogP contribution in [-0.2, 0) is 6.61 Å². The van der Waals surface area contributed by atoms with Crippen molar-refractivity contribution in [3.63, 3.8) is 0 Å². The molecule has 0 fully saturated rings. The first-order valence-corrected chi connectivity index (χ1v) is 5.35. The average molecular weight is 255 g/mol. The van der Waals surface area contributed by atoms with E-state index in [-0.39, 0.29) is 0 Å². The first kappa shape index (κ1) is 11.2. The second-order valence-electron chi connectivity index (χ2n) is 3.07. The summed E-state index contributed by atoms with van der Waals surface area (Å²) in [4.78, 5) is 7.88. The van der Waals surface area contributed by atoms with Crippen molar-refractivity contribution in [1.29, 1.82) is 0 Å². The predicted octanol–water partition coefficient (Wildman–Crippen LogP) is 3.36. The van der Waals surface area contributed by atoms with E-state index in [2.05, 4.69) is 9.97 Å². The third-order valence-corrected chi connectivity index (χ3v) is 2.63. The molecule has 3 nitrogen and oxygen atoms in total. The zero-order chi connectivity index (χ0) is 11.4. The fourth-order valence-electron chi connectivity index (χ4n) is 1.14. The SMILES string of the molecule is Clc1ccc(COc2ncccn2)cc1Cl. The maximum Gasteiger partial charge on any atom is 0.316 e. The van der Waals surface area contributed by atoms with Crippen LogP contribution in [0.15, 0.2) is 36.7 Å². The normalized spacial score (nSPS) is 10.1. The van der Waals surface area contributed by atoms with Crippen LogP contribution in [0.25, 0.3) is 0 Å². The van der Waals surface area contributed by atoms with Crippen LogP contribution in [0.4, 0.5) is 0 Å². The molecule has 82 valence electrons. The van der Waals surface area contributed by atoms with Gasteiger partial charge in [0.05, 0.1) is 10.0 Å². The molecule has 0 bridgehead atoms. The van der Waals surface area contributed by atoms with Gasteiger partial charge in [0.2, 0.25) is 0 Å². The largest absolute Gasteiger partial charge is 0.459 e. The van der Waals surface area contributed by atoms with Crippen LogP contribution in [0.2, 0.25) is 10.0 Å². The molecule has 0 saturated heterocycles. The second kappa shape index (κ2) is 5.14. The molecule has 16 heavy (non-hydrogen) atoms. The van der Waals surface area contributed by atoms with E-state index >= 15 is 0 Å². The number of aromatic nitrogens is 2. The highest BCUT2D eigenvalue weighted by Gasteiger charge is 2.01. The Bertz CT molecular complexity index is 477. The summed E-state index contributed by atoms with van der Waals surface area (Å²) >= 11 is 11.7. The third-order valence-electron chi connectivity index (χ3n) is 1.89. The minimum atomic E-state index is 0.341. The number of ether oxygens (including phenoxy) is 1. The van der Waals surface area contributed by atoms with Gasteiger partial charge in [-0.15, -0.1) is 0 Å². The summed E-state index contributed by atoms with van der Waals surface area (Å²) in [5, 5.41) is 1.04. The summed E-state index contributed by atoms with van der Waals surface area (Å²) in [5.41, 5.74) is 0.918. The molecule has 5 heteroatoms. The lowest BCUT2D eigenvalue weighted by Gasteiger charge is -2.04. The molecule has 0 saturated carbocycles. The Morgan fingerprint density at radius 2 is 1.81 bits per heavy atom. The standard InChI is InChI=1S/C11H8Cl2N2O/c12-9-3-2-8(6-10(9)13)7-16-11-14-4-1-5-15-11/h1-6H,7H2. The summed E-state index contributed by atoms with van der Waals surface area (Å²) in [5.74, 6) is 0. The Hall–Kier alpha value is -1.32. The fraction of sp³-hybridized carbons (Fsp3) is 0.0909. The maximum absolute atomic E-state index is 5.88. The minimum absolute atomic E-state index is 0.341. The Labute approximate surface area is 103 Å². The smallest absolute Gasteiger partial charge is 0.316 e. The topological polar surface area (TPSA) is 35.0 Å². The molecule has 0 aliphatic heterocycles. The molecule has 0 radical (unpaired) electrons. The molecule has 0 N–H and O–H groups in total. The molecule has 2 rings (SSSR count). The van der Waals surface area contributed by atoms with Crippen LogP contribution in [-0.4, -0.2) is 9.97 Å². The third kappa shape index (κ3) is 2.84. The van der Waals surface area contributed by atoms with Crippen molar-refractivity contribution in [2.75, 3.05) is 0 Å². The molecule has 1 heterocycles. The summed E-state index contributed by atoms with van der Waals surface area (Å²) in [6.45, 7) is 0.362. The van der Waals surface area contributed by atoms with Gasteiger partial charge in [-0.05, 0) is 23.8 Å². The highest BCUT2D eigenvalue weighted by molar-refractivity contribution is 6.42. The van der Waals surface area contributed by atoms with Crippen molar-refractivity contribution < 1.29 is 4.74 Å². The van der Waals surface area contributed by atoms with E-state index in [0.717, 1.165) is 5.56 Å². The van der Waals surface area contributed by atoms with Crippen molar-refractivity contribution in [2.24, 2.45) is 0 Å². The zero-order valence-corrected chi connectivity index (χ0v) is 9.74. The van der Waals surface area contributed by atoms with E-state index in [1.165, 1.54) is 0 Å². The van der Waals surface area contributed by atoms with E-state index < -0.39 is 0 Å². The van der Waals surface area contributed by atoms with Crippen LogP contribution in [0.3, 0.4) is 0 Å². The lowest BCUT2D eigenvalue weighted by atomic mass is 10.2. The van der Waals surface area contributed by atoms with Gasteiger partial charge >= 0.3 is 6.01 Å². The van der Waals surface area contributed by atoms with E-state index in [4.69, 9.17) is 27.9 Å². The van der Waals surface area contributed by atoms with Crippen LogP contribution in [0.5, 0.6) is 6.01 Å². The molecule has 0 aliphatic carbocycles. The van der Waals surface area contributed by atoms with Gasteiger partial charge < -0.3 is 4.74 Å². The van der Waals surface area contributed by atoms with Gasteiger partial charge in [0.1, 0.15) is 6.61 Å². The average Bonchev–Trinajstić information content (AvgIpc) is 2.32. The van der Waals surface area contributed by atoms with Gasteiger partial charge in [0.15, 0.2) is 0 Å². The van der Waals surface area contributed by atoms with Crippen LogP contribution in [0, 0.1) is 0 Å². The quantitative estimate of drug-likeness (QED) is 0.843. The van der Waals surface area contributed by atoms with Crippen molar-refractivity contribution in [3.8, 4) is 6.01 Å². The molecule has 2 aromatic rings.